The van der Waals surface area contributed by atoms with Crippen LogP contribution in [0, 0.1) is 0 Å². The van der Waals surface area contributed by atoms with Gasteiger partial charge in [0, 0.05) is 16.6 Å². The third kappa shape index (κ3) is 5.96. The third-order valence-electron chi connectivity index (χ3n) is 4.48. The van der Waals surface area contributed by atoms with E-state index in [1.54, 1.807) is 48.5 Å². The quantitative estimate of drug-likeness (QED) is 0.575. The van der Waals surface area contributed by atoms with E-state index in [9.17, 15) is 14.4 Å². The van der Waals surface area contributed by atoms with Gasteiger partial charge in [0.05, 0.1) is 12.5 Å². The lowest BCUT2D eigenvalue weighted by Crippen LogP contribution is -2.36. The molecule has 3 rings (SSSR count). The Balaban J connectivity index is 1.75. The molecule has 1 aliphatic carbocycles. The van der Waals surface area contributed by atoms with Crippen LogP contribution in [0.3, 0.4) is 0 Å². The van der Waals surface area contributed by atoms with Crippen LogP contribution < -0.4 is 16.4 Å². The van der Waals surface area contributed by atoms with Gasteiger partial charge in [-0.25, -0.2) is 4.79 Å². The van der Waals surface area contributed by atoms with Crippen molar-refractivity contribution in [2.75, 3.05) is 0 Å². The maximum Gasteiger partial charge on any atom is 0.312 e. The number of nitrogens with two attached hydrogens (primary N) is 1. The summed E-state index contributed by atoms with van der Waals surface area (Å²) in [4.78, 5) is 36.7. The first kappa shape index (κ1) is 20.7. The second kappa shape index (κ2) is 9.43. The maximum absolute atomic E-state index is 12.7. The zero-order valence-electron chi connectivity index (χ0n) is 15.6. The minimum Gasteiger partial charge on any atom is -0.447 e. The normalized spacial score (nSPS) is 15.1. The largest absolute Gasteiger partial charge is 0.447 e. The Morgan fingerprint density at radius 2 is 1.72 bits per heavy atom. The topological polar surface area (TPSA) is 111 Å². The molecule has 29 heavy (non-hydrogen) atoms. The zero-order valence-corrected chi connectivity index (χ0v) is 16.4. The Bertz CT molecular complexity index is 887. The van der Waals surface area contributed by atoms with Gasteiger partial charge in [-0.15, -0.1) is 0 Å². The molecule has 1 fully saturated rings. The van der Waals surface area contributed by atoms with Crippen LogP contribution in [0.4, 0.5) is 4.79 Å². The van der Waals surface area contributed by atoms with Gasteiger partial charge in [-0.1, -0.05) is 60.1 Å². The molecule has 152 valence electrons. The highest BCUT2D eigenvalue weighted by atomic mass is 35.5. The summed E-state index contributed by atoms with van der Waals surface area (Å²) in [5.41, 5.74) is 6.35. The Hall–Kier alpha value is -3.06. The number of urea groups is 1. The van der Waals surface area contributed by atoms with E-state index in [0.29, 0.717) is 16.1 Å². The van der Waals surface area contributed by atoms with Crippen LogP contribution in [0.25, 0.3) is 0 Å². The summed E-state index contributed by atoms with van der Waals surface area (Å²) in [5.74, 6) is -1.03. The van der Waals surface area contributed by atoms with Crippen LogP contribution in [0.1, 0.15) is 42.5 Å². The number of hydrogen-bond acceptors (Lipinski definition) is 4. The van der Waals surface area contributed by atoms with Gasteiger partial charge in [-0.2, -0.15) is 0 Å². The third-order valence-corrected chi connectivity index (χ3v) is 4.83. The van der Waals surface area contributed by atoms with Crippen LogP contribution in [0.15, 0.2) is 54.6 Å². The number of hydrogen-bond donors (Lipinski definition) is 3. The van der Waals surface area contributed by atoms with Gasteiger partial charge in [0.25, 0.3) is 5.91 Å². The molecule has 1 aliphatic rings. The van der Waals surface area contributed by atoms with Crippen LogP contribution in [0.2, 0.25) is 5.02 Å². The lowest BCUT2D eigenvalue weighted by Gasteiger charge is -2.21. The highest BCUT2D eigenvalue weighted by Gasteiger charge is 2.31. The van der Waals surface area contributed by atoms with Crippen molar-refractivity contribution in [1.29, 1.82) is 0 Å². The summed E-state index contributed by atoms with van der Waals surface area (Å²) in [6.07, 6.45) is 0.522. The molecule has 2 atom stereocenters. The van der Waals surface area contributed by atoms with Crippen molar-refractivity contribution < 1.29 is 19.1 Å². The minimum atomic E-state index is -1.08. The molecule has 0 unspecified atom stereocenters. The van der Waals surface area contributed by atoms with Gasteiger partial charge in [-0.3, -0.25) is 9.59 Å². The standard InChI is InChI=1S/C21H22ClN3O4/c22-16-9-5-4-8-15(16)17(25-21(23)28)12-18(26)29-19(13-6-2-1-3-7-13)20(27)24-14-10-11-14/h1-9,14,17,19H,10-12H2,(H,24,27)(H3,23,25,28)/t17-,19+/m0/s1. The predicted octanol–water partition coefficient (Wildman–Crippen LogP) is 3.00. The molecule has 3 amide bonds. The number of carbonyl (C=O) groups is 3. The molecule has 0 aromatic heterocycles. The van der Waals surface area contributed by atoms with Crippen LogP contribution in [0.5, 0.6) is 0 Å². The number of nitrogens with one attached hydrogen (secondary N) is 2. The molecular formula is C21H22ClN3O4. The van der Waals surface area contributed by atoms with Gasteiger partial charge in [0.15, 0.2) is 0 Å². The smallest absolute Gasteiger partial charge is 0.312 e. The average molecular weight is 416 g/mol. The molecule has 4 N–H and O–H groups in total. The van der Waals surface area contributed by atoms with Gasteiger partial charge in [0.2, 0.25) is 6.10 Å². The molecule has 0 bridgehead atoms. The van der Waals surface area contributed by atoms with E-state index in [1.165, 1.54) is 0 Å². The van der Waals surface area contributed by atoms with E-state index < -0.39 is 24.1 Å². The Morgan fingerprint density at radius 1 is 1.07 bits per heavy atom. The molecule has 2 aromatic carbocycles. The molecule has 1 saturated carbocycles. The first-order valence-electron chi connectivity index (χ1n) is 9.29. The first-order chi connectivity index (χ1) is 13.9. The van der Waals surface area contributed by atoms with Crippen molar-refractivity contribution in [2.24, 2.45) is 5.73 Å². The summed E-state index contributed by atoms with van der Waals surface area (Å²) in [6, 6.07) is 14.1. The van der Waals surface area contributed by atoms with Gasteiger partial charge in [0.1, 0.15) is 0 Å². The Labute approximate surface area is 173 Å². The predicted molar refractivity (Wildman–Crippen MR) is 108 cm³/mol. The summed E-state index contributed by atoms with van der Waals surface area (Å²) in [7, 11) is 0. The number of ether oxygens (including phenoxy) is 1. The fourth-order valence-corrected chi connectivity index (χ4v) is 3.19. The van der Waals surface area contributed by atoms with E-state index in [0.717, 1.165) is 12.8 Å². The number of benzene rings is 2. The van der Waals surface area contributed by atoms with Gasteiger partial charge in [-0.05, 0) is 24.5 Å². The van der Waals surface area contributed by atoms with E-state index in [-0.39, 0.29) is 18.4 Å². The monoisotopic (exact) mass is 415 g/mol. The van der Waals surface area contributed by atoms with Gasteiger partial charge >= 0.3 is 12.0 Å². The van der Waals surface area contributed by atoms with Crippen molar-refractivity contribution in [3.8, 4) is 0 Å². The summed E-state index contributed by atoms with van der Waals surface area (Å²) < 4.78 is 5.51. The molecule has 8 heteroatoms. The van der Waals surface area contributed by atoms with Crippen LogP contribution >= 0.6 is 11.6 Å². The average Bonchev–Trinajstić information content (AvgIpc) is 3.50. The molecular weight excluding hydrogens is 394 g/mol. The van der Waals surface area contributed by atoms with E-state index in [1.807, 2.05) is 6.07 Å². The maximum atomic E-state index is 12.7. The molecule has 0 spiro atoms. The zero-order chi connectivity index (χ0) is 20.8. The molecule has 0 heterocycles. The number of amides is 3. The molecule has 0 saturated heterocycles. The lowest BCUT2D eigenvalue weighted by atomic mass is 10.0. The summed E-state index contributed by atoms with van der Waals surface area (Å²) >= 11 is 6.19. The number of esters is 1. The number of primary amides is 1. The second-order valence-corrected chi connectivity index (χ2v) is 7.26. The minimum absolute atomic E-state index is 0.125. The number of halogens is 1. The second-order valence-electron chi connectivity index (χ2n) is 6.85. The Morgan fingerprint density at radius 3 is 2.34 bits per heavy atom. The SMILES string of the molecule is NC(=O)N[C@@H](CC(=O)O[C@@H](C(=O)NC1CC1)c1ccccc1)c1ccccc1Cl. The van der Waals surface area contributed by atoms with Crippen molar-refractivity contribution in [2.45, 2.75) is 37.5 Å². The van der Waals surface area contributed by atoms with Gasteiger partial charge < -0.3 is 21.1 Å². The summed E-state index contributed by atoms with van der Waals surface area (Å²) in [5, 5.41) is 5.74. The fraction of sp³-hybridized carbons (Fsp3) is 0.286. The summed E-state index contributed by atoms with van der Waals surface area (Å²) in [6.45, 7) is 0. The van der Waals surface area contributed by atoms with E-state index in [4.69, 9.17) is 22.1 Å². The van der Waals surface area contributed by atoms with Crippen molar-refractivity contribution >= 4 is 29.5 Å². The van der Waals surface area contributed by atoms with Crippen molar-refractivity contribution in [3.05, 3.63) is 70.7 Å². The number of rotatable bonds is 8. The van der Waals surface area contributed by atoms with Crippen LogP contribution in [-0.2, 0) is 14.3 Å². The van der Waals surface area contributed by atoms with Crippen molar-refractivity contribution in [3.63, 3.8) is 0 Å². The van der Waals surface area contributed by atoms with E-state index >= 15 is 0 Å². The van der Waals surface area contributed by atoms with Crippen molar-refractivity contribution in [1.82, 2.24) is 10.6 Å². The molecule has 0 radical (unpaired) electrons. The molecule has 2 aromatic rings. The first-order valence-corrected chi connectivity index (χ1v) is 9.67. The fourth-order valence-electron chi connectivity index (χ4n) is 2.92. The lowest BCUT2D eigenvalue weighted by molar-refractivity contribution is -0.157. The highest BCUT2D eigenvalue weighted by molar-refractivity contribution is 6.31. The van der Waals surface area contributed by atoms with E-state index in [2.05, 4.69) is 10.6 Å². The molecule has 7 nitrogen and oxygen atoms in total. The Kier molecular flexibility index (Phi) is 6.72. The van der Waals surface area contributed by atoms with Crippen LogP contribution in [-0.4, -0.2) is 23.9 Å². The molecule has 0 aliphatic heterocycles. The number of carbonyl (C=O) groups excluding carboxylic acids is 3. The highest BCUT2D eigenvalue weighted by Crippen LogP contribution is 2.28.